The molecular weight excluding hydrogens is 566 g/mol. The fraction of sp³-hybridized carbons (Fsp3) is 0.812. The molecule has 4 fully saturated rings. The number of ether oxygens (including phenoxy) is 1. The van der Waals surface area contributed by atoms with Crippen LogP contribution in [0.5, 0.6) is 0 Å². The average Bonchev–Trinajstić information content (AvgIpc) is 3.36. The first-order chi connectivity index (χ1) is 20.5. The second-order valence-electron chi connectivity index (χ2n) is 15.1. The van der Waals surface area contributed by atoms with Gasteiger partial charge in [-0.15, -0.1) is 0 Å². The van der Waals surface area contributed by atoms with Crippen LogP contribution in [-0.4, -0.2) is 77.7 Å². The number of likely N-dealkylation sites (tertiary alicyclic amines) is 1. The number of carbonyl (C=O) groups excluding carboxylic acids is 6. The van der Waals surface area contributed by atoms with E-state index >= 15 is 0 Å². The van der Waals surface area contributed by atoms with Gasteiger partial charge in [0.15, 0.2) is 0 Å². The van der Waals surface area contributed by atoms with Gasteiger partial charge in [0, 0.05) is 13.5 Å². The first-order valence-corrected chi connectivity index (χ1v) is 16.2. The molecule has 1 aliphatic heterocycles. The lowest BCUT2D eigenvalue weighted by atomic mass is 9.80. The highest BCUT2D eigenvalue weighted by Crippen LogP contribution is 2.65. The number of ketones is 1. The average molecular weight is 618 g/mol. The Hall–Kier alpha value is -3.18. The fourth-order valence-electron chi connectivity index (χ4n) is 7.55. The first-order valence-electron chi connectivity index (χ1n) is 16.2. The number of amides is 5. The largest absolute Gasteiger partial charge is 0.464 e. The molecular formula is C32H51N5O7. The van der Waals surface area contributed by atoms with Crippen LogP contribution < -0.4 is 21.7 Å². The number of carbonyl (C=O) groups is 6. The predicted octanol–water partition coefficient (Wildman–Crippen LogP) is 2.03. The molecule has 1 heterocycles. The van der Waals surface area contributed by atoms with Gasteiger partial charge in [-0.3, -0.25) is 24.0 Å². The summed E-state index contributed by atoms with van der Waals surface area (Å²) in [5.74, 6) is -2.84. The van der Waals surface area contributed by atoms with Crippen molar-refractivity contribution in [3.8, 4) is 0 Å². The molecule has 4 rings (SSSR count). The second-order valence-corrected chi connectivity index (χ2v) is 15.1. The summed E-state index contributed by atoms with van der Waals surface area (Å²) in [6, 6.07) is -3.77. The number of urea groups is 1. The van der Waals surface area contributed by atoms with Gasteiger partial charge in [0.25, 0.3) is 5.91 Å². The molecule has 3 aliphatic carbocycles. The number of piperidine rings is 1. The number of nitrogens with two attached hydrogens (primary N) is 1. The molecule has 0 aromatic heterocycles. The van der Waals surface area contributed by atoms with Gasteiger partial charge in [0.2, 0.25) is 17.6 Å². The molecule has 4 aliphatic rings. The number of hydrogen-bond donors (Lipinski definition) is 4. The molecule has 0 bridgehead atoms. The normalized spacial score (nSPS) is 26.4. The van der Waals surface area contributed by atoms with Crippen LogP contribution in [-0.2, 0) is 28.7 Å². The van der Waals surface area contributed by atoms with Crippen molar-refractivity contribution in [3.63, 3.8) is 0 Å². The Balaban J connectivity index is 1.50. The quantitative estimate of drug-likeness (QED) is 0.191. The fourth-order valence-corrected chi connectivity index (χ4v) is 7.55. The van der Waals surface area contributed by atoms with Gasteiger partial charge in [0.05, 0.1) is 12.1 Å². The molecule has 5 N–H and O–H groups in total. The molecule has 0 radical (unpaired) electrons. The summed E-state index contributed by atoms with van der Waals surface area (Å²) in [7, 11) is 0. The zero-order valence-electron chi connectivity index (χ0n) is 27.1. The SMILES string of the molecule is CC(=O)OC[C@@H](NC(=O)NC(C(=O)N1C[C@H]2[C@@H](C1C(=O)NC(CC1CCC1)C(=O)C(N)=O)C2(C)C)C(C)(C)C)C1CCCC1. The summed E-state index contributed by atoms with van der Waals surface area (Å²) in [5.41, 5.74) is 4.44. The topological polar surface area (TPSA) is 177 Å². The van der Waals surface area contributed by atoms with Gasteiger partial charge in [-0.2, -0.15) is 0 Å². The third-order valence-corrected chi connectivity index (χ3v) is 10.6. The third kappa shape index (κ3) is 7.37. The Morgan fingerprint density at radius 3 is 2.11 bits per heavy atom. The summed E-state index contributed by atoms with van der Waals surface area (Å²) in [6.45, 7) is 11.4. The van der Waals surface area contributed by atoms with Crippen molar-refractivity contribution in [1.82, 2.24) is 20.9 Å². The van der Waals surface area contributed by atoms with Crippen LogP contribution in [0.4, 0.5) is 4.79 Å². The maximum atomic E-state index is 14.2. The smallest absolute Gasteiger partial charge is 0.315 e. The van der Waals surface area contributed by atoms with E-state index in [-0.39, 0.29) is 47.6 Å². The highest BCUT2D eigenvalue weighted by atomic mass is 16.5. The van der Waals surface area contributed by atoms with Crippen LogP contribution in [0.3, 0.4) is 0 Å². The molecule has 6 atom stereocenters. The van der Waals surface area contributed by atoms with Crippen LogP contribution in [0.15, 0.2) is 0 Å². The number of nitrogens with zero attached hydrogens (tertiary/aromatic N) is 1. The van der Waals surface area contributed by atoms with Crippen molar-refractivity contribution < 1.29 is 33.5 Å². The van der Waals surface area contributed by atoms with Crippen LogP contribution in [0, 0.1) is 34.5 Å². The van der Waals surface area contributed by atoms with E-state index < -0.39 is 53.1 Å². The maximum absolute atomic E-state index is 14.2. The van der Waals surface area contributed by atoms with Gasteiger partial charge in [-0.1, -0.05) is 66.7 Å². The molecule has 44 heavy (non-hydrogen) atoms. The van der Waals surface area contributed by atoms with Gasteiger partial charge in [-0.25, -0.2) is 4.79 Å². The van der Waals surface area contributed by atoms with E-state index in [9.17, 15) is 28.8 Å². The Morgan fingerprint density at radius 1 is 0.955 bits per heavy atom. The minimum absolute atomic E-state index is 0.0560. The zero-order valence-corrected chi connectivity index (χ0v) is 27.1. The Bertz CT molecular complexity index is 1150. The number of fused-ring (bicyclic) bond motifs is 1. The van der Waals surface area contributed by atoms with Crippen molar-refractivity contribution >= 4 is 35.5 Å². The summed E-state index contributed by atoms with van der Waals surface area (Å²) in [6.07, 6.45) is 7.14. The Kier molecular flexibility index (Phi) is 9.99. The van der Waals surface area contributed by atoms with Crippen LogP contribution in [0.1, 0.15) is 92.9 Å². The molecule has 5 amide bonds. The summed E-state index contributed by atoms with van der Waals surface area (Å²) < 4.78 is 5.24. The highest BCUT2D eigenvalue weighted by Gasteiger charge is 2.70. The van der Waals surface area contributed by atoms with Gasteiger partial charge in [0.1, 0.15) is 18.7 Å². The number of Topliss-reactive ketones (excluding diaryl/α,β-unsaturated/α-hetero) is 1. The lowest BCUT2D eigenvalue weighted by Gasteiger charge is -2.38. The molecule has 3 saturated carbocycles. The first kappa shape index (κ1) is 33.7. The minimum Gasteiger partial charge on any atom is -0.464 e. The Morgan fingerprint density at radius 2 is 1.59 bits per heavy atom. The van der Waals surface area contributed by atoms with Gasteiger partial charge >= 0.3 is 12.0 Å². The van der Waals surface area contributed by atoms with Crippen molar-refractivity contribution in [2.45, 2.75) is 117 Å². The lowest BCUT2D eigenvalue weighted by Crippen LogP contribution is -2.62. The number of nitrogens with one attached hydrogen (secondary N) is 3. The van der Waals surface area contributed by atoms with E-state index in [1.165, 1.54) is 11.8 Å². The second kappa shape index (κ2) is 13.0. The van der Waals surface area contributed by atoms with Crippen molar-refractivity contribution in [3.05, 3.63) is 0 Å². The van der Waals surface area contributed by atoms with Crippen molar-refractivity contribution in [1.29, 1.82) is 0 Å². The Labute approximate surface area is 260 Å². The van der Waals surface area contributed by atoms with Crippen molar-refractivity contribution in [2.75, 3.05) is 13.2 Å². The van der Waals surface area contributed by atoms with Crippen LogP contribution >= 0.6 is 0 Å². The van der Waals surface area contributed by atoms with Gasteiger partial charge < -0.3 is 31.3 Å². The number of esters is 1. The van der Waals surface area contributed by atoms with Crippen LogP contribution in [0.25, 0.3) is 0 Å². The molecule has 0 spiro atoms. The predicted molar refractivity (Wildman–Crippen MR) is 162 cm³/mol. The summed E-state index contributed by atoms with van der Waals surface area (Å²) >= 11 is 0. The summed E-state index contributed by atoms with van der Waals surface area (Å²) in [5, 5.41) is 8.61. The van der Waals surface area contributed by atoms with E-state index in [2.05, 4.69) is 29.8 Å². The van der Waals surface area contributed by atoms with E-state index in [0.717, 1.165) is 44.9 Å². The van der Waals surface area contributed by atoms with E-state index in [4.69, 9.17) is 10.5 Å². The zero-order chi connectivity index (χ0) is 32.6. The molecule has 12 heteroatoms. The van der Waals surface area contributed by atoms with E-state index in [0.29, 0.717) is 13.0 Å². The van der Waals surface area contributed by atoms with Crippen LogP contribution in [0.2, 0.25) is 0 Å². The number of hydrogen-bond acceptors (Lipinski definition) is 7. The molecule has 0 aromatic rings. The highest BCUT2D eigenvalue weighted by molar-refractivity contribution is 6.37. The number of primary amides is 1. The molecule has 246 valence electrons. The maximum Gasteiger partial charge on any atom is 0.315 e. The monoisotopic (exact) mass is 617 g/mol. The molecule has 0 aromatic carbocycles. The van der Waals surface area contributed by atoms with E-state index in [1.807, 2.05) is 20.8 Å². The lowest BCUT2D eigenvalue weighted by molar-refractivity contribution is -0.145. The standard InChI is InChI=1S/C32H51N5O7/c1-17(38)44-16-22(19-12-7-8-13-19)35-30(43)36-26(31(2,3)4)29(42)37-15-20-23(32(20,5)6)24(37)28(41)34-21(25(39)27(33)40)14-18-10-9-11-18/h18-24,26H,7-16H2,1-6H3,(H2,33,40)(H,34,41)(H2,35,36,43)/t20-,21?,22+,23-,24?,26?/m0/s1. The summed E-state index contributed by atoms with van der Waals surface area (Å²) in [4.78, 5) is 79.0. The molecule has 1 saturated heterocycles. The molecule has 3 unspecified atom stereocenters. The molecule has 12 nitrogen and oxygen atoms in total. The van der Waals surface area contributed by atoms with Gasteiger partial charge in [-0.05, 0) is 53.8 Å². The number of rotatable bonds is 12. The minimum atomic E-state index is -1.09. The van der Waals surface area contributed by atoms with E-state index in [1.54, 1.807) is 0 Å². The van der Waals surface area contributed by atoms with Crippen molar-refractivity contribution in [2.24, 2.45) is 40.2 Å². The third-order valence-electron chi connectivity index (χ3n) is 10.6.